The van der Waals surface area contributed by atoms with E-state index in [-0.39, 0.29) is 0 Å². The summed E-state index contributed by atoms with van der Waals surface area (Å²) in [7, 11) is 0. The number of nitrogens with zero attached hydrogens (tertiary/aromatic N) is 2. The van der Waals surface area contributed by atoms with Gasteiger partial charge in [-0.25, -0.2) is 5.32 Å². The van der Waals surface area contributed by atoms with Crippen LogP contribution in [0, 0.1) is 0 Å². The zero-order chi connectivity index (χ0) is 7.82. The Hall–Kier alpha value is -0.0800. The molecule has 0 aromatic heterocycles. The van der Waals surface area contributed by atoms with E-state index in [0.29, 0.717) is 0 Å². The molecule has 0 fully saturated rings. The van der Waals surface area contributed by atoms with E-state index in [0.717, 1.165) is 32.7 Å². The Morgan fingerprint density at radius 1 is 1.10 bits per heavy atom. The van der Waals surface area contributed by atoms with Gasteiger partial charge < -0.3 is 4.90 Å². The normalized spacial score (nSPS) is 10.8. The number of likely N-dealkylation sites (N-methyl/N-ethyl adjacent to an activating group) is 2. The highest BCUT2D eigenvalue weighted by Gasteiger charge is 1.95. The minimum absolute atomic E-state index is 0.960. The summed E-state index contributed by atoms with van der Waals surface area (Å²) >= 11 is 0. The van der Waals surface area contributed by atoms with Crippen molar-refractivity contribution in [1.29, 1.82) is 0 Å². The van der Waals surface area contributed by atoms with Gasteiger partial charge in [0, 0.05) is 19.6 Å². The van der Waals surface area contributed by atoms with Gasteiger partial charge in [-0.1, -0.05) is 20.8 Å². The fraction of sp³-hybridized carbons (Fsp3) is 1.00. The zero-order valence-electron chi connectivity index (χ0n) is 7.43. The second-order valence-corrected chi connectivity index (χ2v) is 2.29. The van der Waals surface area contributed by atoms with Crippen LogP contribution in [0.2, 0.25) is 0 Å². The van der Waals surface area contributed by atoms with E-state index in [1.165, 1.54) is 0 Å². The molecule has 0 aliphatic carbocycles. The third-order valence-electron chi connectivity index (χ3n) is 1.69. The van der Waals surface area contributed by atoms with Gasteiger partial charge in [0.15, 0.2) is 0 Å². The van der Waals surface area contributed by atoms with Crippen LogP contribution in [0.15, 0.2) is 0 Å². The Morgan fingerprint density at radius 3 is 2.10 bits per heavy atom. The standard InChI is InChI=1S/C8H19N2/c1-4-9-7-8-10(5-2)6-3/h4-8H2,1-3H3. The van der Waals surface area contributed by atoms with Gasteiger partial charge in [-0.2, -0.15) is 0 Å². The van der Waals surface area contributed by atoms with Crippen LogP contribution in [0.5, 0.6) is 0 Å². The van der Waals surface area contributed by atoms with Crippen LogP contribution < -0.4 is 5.32 Å². The third-order valence-corrected chi connectivity index (χ3v) is 1.69. The lowest BCUT2D eigenvalue weighted by Crippen LogP contribution is -2.29. The first kappa shape index (κ1) is 9.92. The monoisotopic (exact) mass is 143 g/mol. The fourth-order valence-corrected chi connectivity index (χ4v) is 0.910. The zero-order valence-corrected chi connectivity index (χ0v) is 7.43. The summed E-state index contributed by atoms with van der Waals surface area (Å²) in [5, 5.41) is 4.27. The van der Waals surface area contributed by atoms with Gasteiger partial charge >= 0.3 is 0 Å². The maximum atomic E-state index is 4.27. The largest absolute Gasteiger partial charge is 0.303 e. The summed E-state index contributed by atoms with van der Waals surface area (Å²) in [5.41, 5.74) is 0. The van der Waals surface area contributed by atoms with Gasteiger partial charge in [-0.3, -0.25) is 0 Å². The smallest absolute Gasteiger partial charge is 0.0261 e. The third kappa shape index (κ3) is 4.77. The first-order chi connectivity index (χ1) is 4.85. The maximum Gasteiger partial charge on any atom is 0.0261 e. The van der Waals surface area contributed by atoms with Crippen molar-refractivity contribution in [1.82, 2.24) is 10.2 Å². The van der Waals surface area contributed by atoms with Crippen molar-refractivity contribution in [3.8, 4) is 0 Å². The van der Waals surface area contributed by atoms with E-state index in [9.17, 15) is 0 Å². The van der Waals surface area contributed by atoms with Crippen molar-refractivity contribution in [3.63, 3.8) is 0 Å². The fourth-order valence-electron chi connectivity index (χ4n) is 0.910. The molecule has 0 bridgehead atoms. The summed E-state index contributed by atoms with van der Waals surface area (Å²) in [6.07, 6.45) is 0. The predicted molar refractivity (Wildman–Crippen MR) is 45.3 cm³/mol. The Labute approximate surface area is 64.6 Å². The summed E-state index contributed by atoms with van der Waals surface area (Å²) in [4.78, 5) is 2.39. The lowest BCUT2D eigenvalue weighted by atomic mass is 10.4. The summed E-state index contributed by atoms with van der Waals surface area (Å²) < 4.78 is 0. The van der Waals surface area contributed by atoms with Gasteiger partial charge in [-0.05, 0) is 13.1 Å². The summed E-state index contributed by atoms with van der Waals surface area (Å²) in [6, 6.07) is 0. The molecule has 0 unspecified atom stereocenters. The number of rotatable bonds is 6. The predicted octanol–water partition coefficient (Wildman–Crippen LogP) is 0.952. The molecule has 0 saturated carbocycles. The van der Waals surface area contributed by atoms with Crippen molar-refractivity contribution >= 4 is 0 Å². The van der Waals surface area contributed by atoms with Gasteiger partial charge in [0.2, 0.25) is 0 Å². The number of hydrogen-bond acceptors (Lipinski definition) is 1. The van der Waals surface area contributed by atoms with Crippen LogP contribution in [-0.2, 0) is 0 Å². The molecular weight excluding hydrogens is 124 g/mol. The quantitative estimate of drug-likeness (QED) is 0.506. The summed E-state index contributed by atoms with van der Waals surface area (Å²) in [6.45, 7) is 11.8. The SMILES string of the molecule is CC[N]CCN(CC)CC. The molecule has 0 amide bonds. The lowest BCUT2D eigenvalue weighted by Gasteiger charge is -2.16. The molecule has 0 aliphatic rings. The van der Waals surface area contributed by atoms with E-state index >= 15 is 0 Å². The van der Waals surface area contributed by atoms with E-state index in [1.54, 1.807) is 0 Å². The van der Waals surface area contributed by atoms with Gasteiger partial charge in [-0.15, -0.1) is 0 Å². The highest BCUT2D eigenvalue weighted by molar-refractivity contribution is 4.53. The molecule has 0 atom stereocenters. The van der Waals surface area contributed by atoms with Gasteiger partial charge in [0.05, 0.1) is 0 Å². The van der Waals surface area contributed by atoms with Crippen molar-refractivity contribution in [2.45, 2.75) is 20.8 Å². The van der Waals surface area contributed by atoms with Crippen LogP contribution >= 0.6 is 0 Å². The van der Waals surface area contributed by atoms with Gasteiger partial charge in [0.1, 0.15) is 0 Å². The van der Waals surface area contributed by atoms with Crippen molar-refractivity contribution in [3.05, 3.63) is 0 Å². The van der Waals surface area contributed by atoms with Crippen LogP contribution in [0.3, 0.4) is 0 Å². The molecule has 0 spiro atoms. The van der Waals surface area contributed by atoms with Crippen LogP contribution in [0.1, 0.15) is 20.8 Å². The first-order valence-electron chi connectivity index (χ1n) is 4.20. The Balaban J connectivity index is 3.09. The Kier molecular flexibility index (Phi) is 6.98. The first-order valence-corrected chi connectivity index (χ1v) is 4.20. The highest BCUT2D eigenvalue weighted by Crippen LogP contribution is 1.83. The van der Waals surface area contributed by atoms with Crippen LogP contribution in [0.25, 0.3) is 0 Å². The molecule has 0 N–H and O–H groups in total. The van der Waals surface area contributed by atoms with Crippen molar-refractivity contribution in [2.75, 3.05) is 32.7 Å². The average molecular weight is 143 g/mol. The molecule has 0 aromatic rings. The van der Waals surface area contributed by atoms with Crippen LogP contribution in [0.4, 0.5) is 0 Å². The lowest BCUT2D eigenvalue weighted by molar-refractivity contribution is 0.302. The topological polar surface area (TPSA) is 17.3 Å². The summed E-state index contributed by atoms with van der Waals surface area (Å²) in [5.74, 6) is 0. The molecule has 2 nitrogen and oxygen atoms in total. The van der Waals surface area contributed by atoms with E-state index < -0.39 is 0 Å². The molecule has 0 rings (SSSR count). The molecule has 1 radical (unpaired) electrons. The van der Waals surface area contributed by atoms with Crippen molar-refractivity contribution in [2.24, 2.45) is 0 Å². The molecule has 61 valence electrons. The Bertz CT molecular complexity index is 60.3. The molecule has 0 aliphatic heterocycles. The minimum atomic E-state index is 0.960. The molecular formula is C8H19N2. The molecule has 10 heavy (non-hydrogen) atoms. The van der Waals surface area contributed by atoms with E-state index in [2.05, 4.69) is 31.0 Å². The second-order valence-electron chi connectivity index (χ2n) is 2.29. The van der Waals surface area contributed by atoms with Gasteiger partial charge in [0.25, 0.3) is 0 Å². The van der Waals surface area contributed by atoms with E-state index in [4.69, 9.17) is 0 Å². The van der Waals surface area contributed by atoms with Crippen LogP contribution in [-0.4, -0.2) is 37.6 Å². The number of hydrogen-bond donors (Lipinski definition) is 0. The molecule has 0 heterocycles. The second kappa shape index (κ2) is 7.03. The van der Waals surface area contributed by atoms with E-state index in [1.807, 2.05) is 0 Å². The molecule has 0 saturated heterocycles. The minimum Gasteiger partial charge on any atom is -0.303 e. The van der Waals surface area contributed by atoms with Crippen molar-refractivity contribution < 1.29 is 0 Å². The highest BCUT2D eigenvalue weighted by atomic mass is 15.1. The molecule has 2 heteroatoms. The molecule has 0 aromatic carbocycles. The Morgan fingerprint density at radius 2 is 1.70 bits per heavy atom. The maximum absolute atomic E-state index is 4.27. The average Bonchev–Trinajstić information content (AvgIpc) is 1.99.